The van der Waals surface area contributed by atoms with Crippen molar-refractivity contribution < 1.29 is 19.4 Å². The van der Waals surface area contributed by atoms with Gasteiger partial charge in [-0.2, -0.15) is 0 Å². The maximum Gasteiger partial charge on any atom is 0.411 e. The minimum atomic E-state index is -1.02. The molecule has 104 valence electrons. The van der Waals surface area contributed by atoms with Gasteiger partial charge in [0, 0.05) is 18.3 Å². The molecule has 1 aromatic heterocycles. The molecule has 0 bridgehead atoms. The maximum absolute atomic E-state index is 12.1. The molecule has 0 fully saturated rings. The monoisotopic (exact) mass is 266 g/mol. The first-order valence-electron chi connectivity index (χ1n) is 6.15. The molecule has 1 aromatic rings. The fourth-order valence-corrected chi connectivity index (χ4v) is 2.11. The number of aromatic nitrogens is 1. The molecular weight excluding hydrogens is 248 g/mol. The van der Waals surface area contributed by atoms with Gasteiger partial charge in [-0.3, -0.25) is 4.90 Å². The van der Waals surface area contributed by atoms with E-state index in [1.807, 2.05) is 6.07 Å². The number of carbonyl (C=O) groups excluding carboxylic acids is 1. The number of nitrogens with zero attached hydrogens (tertiary/aromatic N) is 1. The number of ether oxygens (including phenoxy) is 1. The van der Waals surface area contributed by atoms with E-state index in [1.165, 1.54) is 4.90 Å². The van der Waals surface area contributed by atoms with Crippen molar-refractivity contribution in [3.63, 3.8) is 0 Å². The molecule has 0 saturated heterocycles. The van der Waals surface area contributed by atoms with Crippen LogP contribution in [0.5, 0.6) is 0 Å². The van der Waals surface area contributed by atoms with E-state index in [2.05, 4.69) is 4.98 Å². The van der Waals surface area contributed by atoms with Gasteiger partial charge in [0.15, 0.2) is 0 Å². The zero-order valence-corrected chi connectivity index (χ0v) is 11.3. The fraction of sp³-hybridized carbons (Fsp3) is 0.538. The number of fused-ring (bicyclic) bond motifs is 1. The molecule has 0 aliphatic carbocycles. The molecule has 2 N–H and O–H groups in total. The minimum Gasteiger partial charge on any atom is -0.480 e. The van der Waals surface area contributed by atoms with Crippen LogP contribution in [0.1, 0.15) is 32.0 Å². The third-order valence-electron chi connectivity index (χ3n) is 2.96. The first kappa shape index (κ1) is 13.5. The molecule has 0 radical (unpaired) electrons. The second-order valence-electron chi connectivity index (χ2n) is 5.65. The van der Waals surface area contributed by atoms with Crippen molar-refractivity contribution in [2.45, 2.75) is 45.4 Å². The molecule has 6 heteroatoms. The smallest absolute Gasteiger partial charge is 0.411 e. The lowest BCUT2D eigenvalue weighted by molar-refractivity contribution is -0.143. The summed E-state index contributed by atoms with van der Waals surface area (Å²) in [4.78, 5) is 27.7. The number of H-pyrrole nitrogens is 1. The van der Waals surface area contributed by atoms with Crippen LogP contribution in [0.3, 0.4) is 0 Å². The van der Waals surface area contributed by atoms with Crippen LogP contribution in [0.15, 0.2) is 12.3 Å². The Morgan fingerprint density at radius 1 is 1.47 bits per heavy atom. The van der Waals surface area contributed by atoms with Crippen LogP contribution in [0, 0.1) is 0 Å². The Morgan fingerprint density at radius 2 is 2.16 bits per heavy atom. The summed E-state index contributed by atoms with van der Waals surface area (Å²) >= 11 is 0. The Morgan fingerprint density at radius 3 is 2.74 bits per heavy atom. The molecule has 2 heterocycles. The zero-order valence-electron chi connectivity index (χ0n) is 11.3. The molecule has 0 aromatic carbocycles. The van der Waals surface area contributed by atoms with Crippen LogP contribution >= 0.6 is 0 Å². The molecule has 6 nitrogen and oxygen atoms in total. The first-order valence-corrected chi connectivity index (χ1v) is 6.15. The highest BCUT2D eigenvalue weighted by Crippen LogP contribution is 2.24. The maximum atomic E-state index is 12.1. The van der Waals surface area contributed by atoms with Gasteiger partial charge in [-0.05, 0) is 32.4 Å². The number of rotatable bonds is 1. The van der Waals surface area contributed by atoms with E-state index < -0.39 is 23.7 Å². The van der Waals surface area contributed by atoms with Crippen molar-refractivity contribution in [3.05, 3.63) is 23.5 Å². The lowest BCUT2D eigenvalue weighted by atomic mass is 10.00. The van der Waals surface area contributed by atoms with Gasteiger partial charge < -0.3 is 14.8 Å². The lowest BCUT2D eigenvalue weighted by Gasteiger charge is -2.34. The number of carboxylic acid groups (broad SMARTS) is 1. The Bertz CT molecular complexity index is 501. The average molecular weight is 266 g/mol. The summed E-state index contributed by atoms with van der Waals surface area (Å²) in [6, 6.07) is 0.968. The van der Waals surface area contributed by atoms with E-state index in [4.69, 9.17) is 4.74 Å². The van der Waals surface area contributed by atoms with Gasteiger partial charge >= 0.3 is 12.1 Å². The molecule has 1 aliphatic rings. The predicted octanol–water partition coefficient (Wildman–Crippen LogP) is 1.76. The Balaban J connectivity index is 2.22. The Hall–Kier alpha value is -1.98. The SMILES string of the molecule is CC(C)(C)OC(=O)N1Cc2[nH]ccc2C[C@@H]1C(=O)O. The number of carbonyl (C=O) groups is 2. The number of nitrogens with one attached hydrogen (secondary N) is 1. The highest BCUT2D eigenvalue weighted by molar-refractivity contribution is 5.81. The van der Waals surface area contributed by atoms with Crippen LogP contribution in [0.25, 0.3) is 0 Å². The van der Waals surface area contributed by atoms with Crippen molar-refractivity contribution in [1.82, 2.24) is 9.88 Å². The molecule has 0 spiro atoms. The fourth-order valence-electron chi connectivity index (χ4n) is 2.11. The number of carboxylic acids is 1. The van der Waals surface area contributed by atoms with E-state index in [0.29, 0.717) is 6.42 Å². The second kappa shape index (κ2) is 4.60. The van der Waals surface area contributed by atoms with E-state index in [9.17, 15) is 14.7 Å². The number of amides is 1. The number of aliphatic carboxylic acids is 1. The zero-order chi connectivity index (χ0) is 14.2. The van der Waals surface area contributed by atoms with Gasteiger partial charge in [-0.25, -0.2) is 9.59 Å². The van der Waals surface area contributed by atoms with Crippen LogP contribution in [-0.4, -0.2) is 38.7 Å². The third-order valence-corrected chi connectivity index (χ3v) is 2.96. The molecule has 1 aliphatic heterocycles. The Kier molecular flexibility index (Phi) is 3.26. The highest BCUT2D eigenvalue weighted by Gasteiger charge is 2.37. The van der Waals surface area contributed by atoms with Gasteiger partial charge in [0.25, 0.3) is 0 Å². The summed E-state index contributed by atoms with van der Waals surface area (Å²) < 4.78 is 5.26. The van der Waals surface area contributed by atoms with Crippen molar-refractivity contribution >= 4 is 12.1 Å². The quantitative estimate of drug-likeness (QED) is 0.811. The highest BCUT2D eigenvalue weighted by atomic mass is 16.6. The normalized spacial score (nSPS) is 18.9. The van der Waals surface area contributed by atoms with Gasteiger partial charge in [0.1, 0.15) is 11.6 Å². The Labute approximate surface area is 111 Å². The third kappa shape index (κ3) is 2.89. The minimum absolute atomic E-state index is 0.230. The first-order chi connectivity index (χ1) is 8.78. The summed E-state index contributed by atoms with van der Waals surface area (Å²) in [6.07, 6.45) is 1.45. The largest absolute Gasteiger partial charge is 0.480 e. The molecule has 0 saturated carbocycles. The topological polar surface area (TPSA) is 82.6 Å². The van der Waals surface area contributed by atoms with Crippen LogP contribution < -0.4 is 0 Å². The van der Waals surface area contributed by atoms with Gasteiger partial charge in [-0.15, -0.1) is 0 Å². The summed E-state index contributed by atoms with van der Waals surface area (Å²) in [7, 11) is 0. The lowest BCUT2D eigenvalue weighted by Crippen LogP contribution is -2.50. The molecular formula is C13H18N2O4. The number of hydrogen-bond donors (Lipinski definition) is 2. The van der Waals surface area contributed by atoms with Crippen molar-refractivity contribution in [2.24, 2.45) is 0 Å². The number of aromatic amines is 1. The van der Waals surface area contributed by atoms with E-state index in [-0.39, 0.29) is 6.54 Å². The van der Waals surface area contributed by atoms with Gasteiger partial charge in [-0.1, -0.05) is 0 Å². The van der Waals surface area contributed by atoms with Gasteiger partial charge in [0.2, 0.25) is 0 Å². The van der Waals surface area contributed by atoms with Crippen molar-refractivity contribution in [3.8, 4) is 0 Å². The molecule has 0 unspecified atom stereocenters. The summed E-state index contributed by atoms with van der Waals surface area (Å²) in [6.45, 7) is 5.49. The summed E-state index contributed by atoms with van der Waals surface area (Å²) in [5, 5.41) is 9.26. The average Bonchev–Trinajstić information content (AvgIpc) is 2.71. The van der Waals surface area contributed by atoms with Crippen molar-refractivity contribution in [1.29, 1.82) is 0 Å². The predicted molar refractivity (Wildman–Crippen MR) is 67.7 cm³/mol. The molecule has 1 atom stereocenters. The second-order valence-corrected chi connectivity index (χ2v) is 5.65. The van der Waals surface area contributed by atoms with Crippen LogP contribution in [-0.2, 0) is 22.5 Å². The van der Waals surface area contributed by atoms with E-state index in [1.54, 1.807) is 27.0 Å². The summed E-state index contributed by atoms with van der Waals surface area (Å²) in [5.41, 5.74) is 1.16. The van der Waals surface area contributed by atoms with E-state index in [0.717, 1.165) is 11.3 Å². The van der Waals surface area contributed by atoms with Crippen molar-refractivity contribution in [2.75, 3.05) is 0 Å². The molecule has 19 heavy (non-hydrogen) atoms. The number of hydrogen-bond acceptors (Lipinski definition) is 3. The summed E-state index contributed by atoms with van der Waals surface area (Å²) in [5.74, 6) is -1.02. The molecule has 2 rings (SSSR count). The standard InChI is InChI=1S/C13H18N2O4/c1-13(2,3)19-12(18)15-7-9-8(4-5-14-9)6-10(15)11(16)17/h4-5,10,14H,6-7H2,1-3H3,(H,16,17)/t10-/m1/s1. The molecule has 1 amide bonds. The van der Waals surface area contributed by atoms with Crippen LogP contribution in [0.4, 0.5) is 4.79 Å². The van der Waals surface area contributed by atoms with Gasteiger partial charge in [0.05, 0.1) is 6.54 Å². The van der Waals surface area contributed by atoms with Crippen LogP contribution in [0.2, 0.25) is 0 Å². The van der Waals surface area contributed by atoms with E-state index >= 15 is 0 Å².